The van der Waals surface area contributed by atoms with E-state index in [9.17, 15) is 10.1 Å². The van der Waals surface area contributed by atoms with Gasteiger partial charge in [-0.25, -0.2) is 0 Å². The zero-order valence-electron chi connectivity index (χ0n) is 12.9. The number of benzene rings is 1. The van der Waals surface area contributed by atoms with Crippen molar-refractivity contribution in [2.75, 3.05) is 19.8 Å². The van der Waals surface area contributed by atoms with E-state index in [-0.39, 0.29) is 10.6 Å². The van der Waals surface area contributed by atoms with Crippen LogP contribution < -0.4 is 5.32 Å². The third-order valence-corrected chi connectivity index (χ3v) is 5.15. The zero-order chi connectivity index (χ0) is 16.1. The van der Waals surface area contributed by atoms with Gasteiger partial charge in [0.15, 0.2) is 0 Å². The molecule has 1 fully saturated rings. The summed E-state index contributed by atoms with van der Waals surface area (Å²) in [4.78, 5) is 12.7. The van der Waals surface area contributed by atoms with Crippen LogP contribution in [0, 0.1) is 16.0 Å². The van der Waals surface area contributed by atoms with Crippen molar-refractivity contribution in [3.63, 3.8) is 0 Å². The highest BCUT2D eigenvalue weighted by Crippen LogP contribution is 2.29. The normalized spacial score (nSPS) is 18.0. The lowest BCUT2D eigenvalue weighted by molar-refractivity contribution is -0.384. The van der Waals surface area contributed by atoms with E-state index in [4.69, 9.17) is 4.74 Å². The van der Waals surface area contributed by atoms with Gasteiger partial charge in [-0.15, -0.1) is 11.3 Å². The number of non-ortho nitro benzene ring substituents is 1. The van der Waals surface area contributed by atoms with Crippen LogP contribution in [-0.4, -0.2) is 24.7 Å². The number of nitro groups is 1. The van der Waals surface area contributed by atoms with Crippen molar-refractivity contribution in [3.8, 4) is 10.4 Å². The van der Waals surface area contributed by atoms with Crippen LogP contribution in [0.25, 0.3) is 10.4 Å². The summed E-state index contributed by atoms with van der Waals surface area (Å²) >= 11 is 1.72. The molecular weight excluding hydrogens is 312 g/mol. The van der Waals surface area contributed by atoms with Gasteiger partial charge in [0.25, 0.3) is 5.69 Å². The molecular formula is C17H20N2O3S. The summed E-state index contributed by atoms with van der Waals surface area (Å²) in [5, 5.41) is 14.2. The molecule has 1 aromatic heterocycles. The molecule has 1 aromatic carbocycles. The van der Waals surface area contributed by atoms with Crippen molar-refractivity contribution in [3.05, 3.63) is 51.4 Å². The molecule has 1 saturated heterocycles. The standard InChI is InChI=1S/C17H20N2O3S/c20-19(21)15-5-3-14(4-6-15)17-8-7-16(23-17)11-18-10-13-2-1-9-22-12-13/h3-8,13,18H,1-2,9-12H2. The van der Waals surface area contributed by atoms with Crippen molar-refractivity contribution in [1.29, 1.82) is 0 Å². The van der Waals surface area contributed by atoms with Gasteiger partial charge in [0, 0.05) is 41.6 Å². The summed E-state index contributed by atoms with van der Waals surface area (Å²) in [7, 11) is 0. The summed E-state index contributed by atoms with van der Waals surface area (Å²) < 4.78 is 5.49. The lowest BCUT2D eigenvalue weighted by Gasteiger charge is -2.22. The Bertz CT molecular complexity index is 648. The predicted molar refractivity (Wildman–Crippen MR) is 91.7 cm³/mol. The number of hydrogen-bond donors (Lipinski definition) is 1. The first-order valence-electron chi connectivity index (χ1n) is 7.84. The third kappa shape index (κ3) is 4.37. The Hall–Kier alpha value is -1.76. The van der Waals surface area contributed by atoms with Gasteiger partial charge in [-0.2, -0.15) is 0 Å². The fourth-order valence-corrected chi connectivity index (χ4v) is 3.73. The van der Waals surface area contributed by atoms with E-state index < -0.39 is 0 Å². The molecule has 1 aliphatic rings. The van der Waals surface area contributed by atoms with Crippen LogP contribution in [-0.2, 0) is 11.3 Å². The Morgan fingerprint density at radius 2 is 2.09 bits per heavy atom. The smallest absolute Gasteiger partial charge is 0.269 e. The first-order chi connectivity index (χ1) is 11.2. The van der Waals surface area contributed by atoms with Crippen LogP contribution in [0.5, 0.6) is 0 Å². The first kappa shape index (κ1) is 16.1. The summed E-state index contributed by atoms with van der Waals surface area (Å²) in [6.45, 7) is 3.62. The maximum Gasteiger partial charge on any atom is 0.269 e. The van der Waals surface area contributed by atoms with Gasteiger partial charge in [0.05, 0.1) is 11.5 Å². The van der Waals surface area contributed by atoms with Gasteiger partial charge in [-0.05, 0) is 48.6 Å². The summed E-state index contributed by atoms with van der Waals surface area (Å²) in [5.41, 5.74) is 1.15. The summed E-state index contributed by atoms with van der Waals surface area (Å²) in [5.74, 6) is 0.623. The van der Waals surface area contributed by atoms with Gasteiger partial charge in [-0.3, -0.25) is 10.1 Å². The van der Waals surface area contributed by atoms with Crippen molar-refractivity contribution in [1.82, 2.24) is 5.32 Å². The predicted octanol–water partition coefficient (Wildman–Crippen LogP) is 3.84. The van der Waals surface area contributed by atoms with Crippen LogP contribution in [0.2, 0.25) is 0 Å². The highest BCUT2D eigenvalue weighted by atomic mass is 32.1. The lowest BCUT2D eigenvalue weighted by atomic mass is 10.0. The number of thiophene rings is 1. The molecule has 0 aliphatic carbocycles. The molecule has 1 unspecified atom stereocenters. The Morgan fingerprint density at radius 1 is 1.26 bits per heavy atom. The van der Waals surface area contributed by atoms with E-state index in [0.29, 0.717) is 5.92 Å². The van der Waals surface area contributed by atoms with Gasteiger partial charge in [-0.1, -0.05) is 0 Å². The van der Waals surface area contributed by atoms with Gasteiger partial charge < -0.3 is 10.1 Å². The molecule has 0 radical (unpaired) electrons. The van der Waals surface area contributed by atoms with E-state index in [1.54, 1.807) is 35.6 Å². The number of rotatable bonds is 6. The first-order valence-corrected chi connectivity index (χ1v) is 8.66. The van der Waals surface area contributed by atoms with Crippen molar-refractivity contribution >= 4 is 17.0 Å². The average Bonchev–Trinajstić information content (AvgIpc) is 3.05. The highest BCUT2D eigenvalue weighted by Gasteiger charge is 2.13. The molecule has 1 aliphatic heterocycles. The third-order valence-electron chi connectivity index (χ3n) is 4.01. The molecule has 122 valence electrons. The maximum atomic E-state index is 10.7. The highest BCUT2D eigenvalue weighted by molar-refractivity contribution is 7.15. The molecule has 2 heterocycles. The van der Waals surface area contributed by atoms with Crippen molar-refractivity contribution < 1.29 is 9.66 Å². The van der Waals surface area contributed by atoms with E-state index in [1.807, 2.05) is 0 Å². The average molecular weight is 332 g/mol. The monoisotopic (exact) mass is 332 g/mol. The van der Waals surface area contributed by atoms with E-state index in [1.165, 1.54) is 11.3 Å². The Labute approximate surface area is 139 Å². The molecule has 0 spiro atoms. The van der Waals surface area contributed by atoms with Crippen LogP contribution in [0.4, 0.5) is 5.69 Å². The number of hydrogen-bond acceptors (Lipinski definition) is 5. The summed E-state index contributed by atoms with van der Waals surface area (Å²) in [6, 6.07) is 10.9. The van der Waals surface area contributed by atoms with Crippen LogP contribution in [0.15, 0.2) is 36.4 Å². The zero-order valence-corrected chi connectivity index (χ0v) is 13.7. The second-order valence-corrected chi connectivity index (χ2v) is 6.95. The molecule has 2 aromatic rings. The largest absolute Gasteiger partial charge is 0.381 e. The minimum Gasteiger partial charge on any atom is -0.381 e. The minimum atomic E-state index is -0.372. The van der Waals surface area contributed by atoms with Crippen LogP contribution in [0.1, 0.15) is 17.7 Å². The Kier molecular flexibility index (Phi) is 5.38. The van der Waals surface area contributed by atoms with E-state index in [0.717, 1.165) is 43.2 Å². The van der Waals surface area contributed by atoms with E-state index in [2.05, 4.69) is 17.4 Å². The fraction of sp³-hybridized carbons (Fsp3) is 0.412. The fourth-order valence-electron chi connectivity index (χ4n) is 2.74. The van der Waals surface area contributed by atoms with Crippen LogP contribution in [0.3, 0.4) is 0 Å². The molecule has 0 bridgehead atoms. The molecule has 0 amide bonds. The van der Waals surface area contributed by atoms with Gasteiger partial charge in [0.1, 0.15) is 0 Å². The van der Waals surface area contributed by atoms with Crippen LogP contribution >= 0.6 is 11.3 Å². The number of nitrogens with zero attached hydrogens (tertiary/aromatic N) is 1. The molecule has 23 heavy (non-hydrogen) atoms. The molecule has 5 nitrogen and oxygen atoms in total. The van der Waals surface area contributed by atoms with Gasteiger partial charge >= 0.3 is 0 Å². The van der Waals surface area contributed by atoms with Gasteiger partial charge in [0.2, 0.25) is 0 Å². The Balaban J connectivity index is 1.54. The number of nitro benzene ring substituents is 1. The van der Waals surface area contributed by atoms with Crippen molar-refractivity contribution in [2.24, 2.45) is 5.92 Å². The second-order valence-electron chi connectivity index (χ2n) is 5.78. The summed E-state index contributed by atoms with van der Waals surface area (Å²) in [6.07, 6.45) is 2.40. The molecule has 6 heteroatoms. The van der Waals surface area contributed by atoms with Crippen molar-refractivity contribution in [2.45, 2.75) is 19.4 Å². The lowest BCUT2D eigenvalue weighted by Crippen LogP contribution is -2.28. The number of ether oxygens (including phenoxy) is 1. The quantitative estimate of drug-likeness (QED) is 0.645. The molecule has 3 rings (SSSR count). The SMILES string of the molecule is O=[N+]([O-])c1ccc(-c2ccc(CNCC3CCCOC3)s2)cc1. The maximum absolute atomic E-state index is 10.7. The molecule has 1 atom stereocenters. The Morgan fingerprint density at radius 3 is 2.78 bits per heavy atom. The van der Waals surface area contributed by atoms with E-state index >= 15 is 0 Å². The second kappa shape index (κ2) is 7.68. The minimum absolute atomic E-state index is 0.127. The number of nitrogens with one attached hydrogen (secondary N) is 1. The molecule has 0 saturated carbocycles. The topological polar surface area (TPSA) is 64.4 Å². The molecule has 1 N–H and O–H groups in total.